The maximum absolute atomic E-state index is 12.6. The van der Waals surface area contributed by atoms with Crippen LogP contribution in [0.5, 0.6) is 0 Å². The molecule has 13 nitrogen and oxygen atoms in total. The molecule has 2 aromatic rings. The fraction of sp³-hybridized carbons (Fsp3) is 0.471. The van der Waals surface area contributed by atoms with Crippen LogP contribution in [0.25, 0.3) is 0 Å². The van der Waals surface area contributed by atoms with E-state index in [1.54, 1.807) is 0 Å². The third-order valence-electron chi connectivity index (χ3n) is 4.20. The molecule has 6 N–H and O–H groups in total. The highest BCUT2D eigenvalue weighted by Crippen LogP contribution is 2.29. The van der Waals surface area contributed by atoms with E-state index in [1.807, 2.05) is 10.0 Å². The van der Waals surface area contributed by atoms with Crippen molar-refractivity contribution >= 4 is 21.9 Å². The third kappa shape index (κ3) is 6.43. The van der Waals surface area contributed by atoms with Crippen LogP contribution >= 0.6 is 0 Å². The summed E-state index contributed by atoms with van der Waals surface area (Å²) in [6.45, 7) is 0.0252. The Morgan fingerprint density at radius 2 is 1.94 bits per heavy atom. The van der Waals surface area contributed by atoms with Crippen molar-refractivity contribution in [1.82, 2.24) is 15.3 Å². The van der Waals surface area contributed by atoms with Crippen molar-refractivity contribution in [2.45, 2.75) is 30.5 Å². The summed E-state index contributed by atoms with van der Waals surface area (Å²) >= 11 is 0. The van der Waals surface area contributed by atoms with Crippen LogP contribution in [0.2, 0.25) is 0 Å². The van der Waals surface area contributed by atoms with Gasteiger partial charge >= 0.3 is 6.01 Å². The molecular weight excluding hydrogens is 436 g/mol. The van der Waals surface area contributed by atoms with E-state index in [-0.39, 0.29) is 18.6 Å². The lowest BCUT2D eigenvalue weighted by molar-refractivity contribution is -0.192. The molecule has 2 heterocycles. The maximum atomic E-state index is 12.6. The highest BCUT2D eigenvalue weighted by molar-refractivity contribution is 7.91. The summed E-state index contributed by atoms with van der Waals surface area (Å²) in [7, 11) is -2.36. The number of hydrogen-bond acceptors (Lipinski definition) is 11. The van der Waals surface area contributed by atoms with E-state index in [0.29, 0.717) is 0 Å². The monoisotopic (exact) mass is 460 g/mol. The molecule has 0 fully saturated rings. The van der Waals surface area contributed by atoms with Crippen LogP contribution in [0.15, 0.2) is 35.2 Å². The number of hydrogen-bond donors (Lipinski definition) is 6. The molecule has 4 atom stereocenters. The van der Waals surface area contributed by atoms with Gasteiger partial charge in [-0.3, -0.25) is 9.78 Å². The maximum Gasteiger partial charge on any atom is 0.309 e. The second kappa shape index (κ2) is 10.1. The molecule has 0 radical (unpaired) electrons. The van der Waals surface area contributed by atoms with E-state index < -0.39 is 51.7 Å². The number of aromatic nitrogens is 2. The molecule has 172 valence electrons. The molecule has 0 aromatic carbocycles. The lowest BCUT2D eigenvalue weighted by Crippen LogP contribution is -2.64. The zero-order chi connectivity index (χ0) is 23.2. The van der Waals surface area contributed by atoms with Gasteiger partial charge in [0, 0.05) is 26.1 Å². The number of aliphatic hydroxyl groups is 4. The summed E-state index contributed by atoms with van der Waals surface area (Å²) in [5.74, 6) is -1.13. The Hall–Kier alpha value is -2.62. The summed E-state index contributed by atoms with van der Waals surface area (Å²) in [6.07, 6.45) is -1.39. The van der Waals surface area contributed by atoms with E-state index in [9.17, 15) is 33.6 Å². The predicted octanol–water partition coefficient (Wildman–Crippen LogP) is -1.65. The number of nitrogens with one attached hydrogen (secondary N) is 2. The molecule has 0 spiro atoms. The second-order valence-corrected chi connectivity index (χ2v) is 8.42. The van der Waals surface area contributed by atoms with Crippen molar-refractivity contribution in [2.75, 3.05) is 24.7 Å². The number of oxazole rings is 1. The molecule has 0 aliphatic carbocycles. The van der Waals surface area contributed by atoms with E-state index in [0.717, 1.165) is 12.5 Å². The summed E-state index contributed by atoms with van der Waals surface area (Å²) in [5.41, 5.74) is -3.17. The van der Waals surface area contributed by atoms with E-state index >= 15 is 0 Å². The highest BCUT2D eigenvalue weighted by atomic mass is 32.2. The molecule has 0 saturated carbocycles. The normalized spacial score (nSPS) is 16.7. The summed E-state index contributed by atoms with van der Waals surface area (Å²) in [5, 5.41) is 44.6. The quantitative estimate of drug-likeness (QED) is 0.210. The van der Waals surface area contributed by atoms with Crippen LogP contribution < -0.4 is 10.0 Å². The number of aliphatic hydroxyl groups excluding tert-OH is 3. The number of pyridine rings is 1. The third-order valence-corrected chi connectivity index (χ3v) is 4.74. The number of sulfonamides is 1. The van der Waals surface area contributed by atoms with E-state index in [4.69, 9.17) is 9.15 Å². The molecule has 0 aliphatic rings. The van der Waals surface area contributed by atoms with Crippen molar-refractivity contribution in [3.63, 3.8) is 0 Å². The van der Waals surface area contributed by atoms with Crippen LogP contribution in [0.4, 0.5) is 6.01 Å². The van der Waals surface area contributed by atoms with Crippen LogP contribution in [-0.4, -0.2) is 82.6 Å². The SMILES string of the molecule is COCCC(O)C(O)C(O)(NC(=O)c1coc(NS(C)(=O)=O)n1)C(O)c1ccncc1. The predicted molar refractivity (Wildman–Crippen MR) is 105 cm³/mol. The fourth-order valence-electron chi connectivity index (χ4n) is 2.62. The van der Waals surface area contributed by atoms with Gasteiger partial charge in [0.15, 0.2) is 11.4 Å². The van der Waals surface area contributed by atoms with Crippen molar-refractivity contribution in [3.05, 3.63) is 42.0 Å². The number of ether oxygens (including phenoxy) is 1. The van der Waals surface area contributed by atoms with Gasteiger partial charge in [-0.05, 0) is 24.1 Å². The zero-order valence-corrected chi connectivity index (χ0v) is 17.5. The van der Waals surface area contributed by atoms with Crippen molar-refractivity contribution in [1.29, 1.82) is 0 Å². The lowest BCUT2D eigenvalue weighted by atomic mass is 9.90. The molecule has 0 saturated heterocycles. The summed E-state index contributed by atoms with van der Waals surface area (Å²) in [4.78, 5) is 20.0. The molecule has 14 heteroatoms. The number of rotatable bonds is 11. The largest absolute Gasteiger partial charge is 0.431 e. The van der Waals surface area contributed by atoms with Gasteiger partial charge in [0.2, 0.25) is 10.0 Å². The summed E-state index contributed by atoms with van der Waals surface area (Å²) < 4.78 is 34.1. The van der Waals surface area contributed by atoms with Crippen molar-refractivity contribution < 1.29 is 42.8 Å². The van der Waals surface area contributed by atoms with Crippen molar-refractivity contribution in [3.8, 4) is 0 Å². The van der Waals surface area contributed by atoms with Gasteiger partial charge in [-0.2, -0.15) is 4.98 Å². The standard InChI is InChI=1S/C17H24N4O9S/c1-29-8-5-12(22)14(24)17(26,13(23)10-3-6-18-7-4-10)20-15(25)11-9-30-16(19-11)21-31(2,27)28/h3-4,6-7,9,12-14,22-24,26H,5,8H2,1-2H3,(H,19,21)(H,20,25). The smallest absolute Gasteiger partial charge is 0.309 e. The number of methoxy groups -OCH3 is 1. The molecule has 2 rings (SSSR count). The Morgan fingerprint density at radius 3 is 2.52 bits per heavy atom. The van der Waals surface area contributed by atoms with Crippen LogP contribution in [0.3, 0.4) is 0 Å². The van der Waals surface area contributed by atoms with Crippen LogP contribution in [0.1, 0.15) is 28.6 Å². The molecule has 2 aromatic heterocycles. The number of amides is 1. The average Bonchev–Trinajstić information content (AvgIpc) is 3.18. The van der Waals surface area contributed by atoms with Gasteiger partial charge in [-0.1, -0.05) is 0 Å². The minimum atomic E-state index is -3.73. The van der Waals surface area contributed by atoms with E-state index in [2.05, 4.69) is 9.97 Å². The Morgan fingerprint density at radius 1 is 1.29 bits per heavy atom. The average molecular weight is 460 g/mol. The number of carbonyl (C=O) groups is 1. The Balaban J connectivity index is 2.32. The molecule has 0 aliphatic heterocycles. The minimum absolute atomic E-state index is 0.0252. The van der Waals surface area contributed by atoms with Gasteiger partial charge in [0.05, 0.1) is 12.4 Å². The Labute approximate surface area is 177 Å². The molecular formula is C17H24N4O9S. The van der Waals surface area contributed by atoms with Crippen molar-refractivity contribution in [2.24, 2.45) is 0 Å². The minimum Gasteiger partial charge on any atom is -0.431 e. The van der Waals surface area contributed by atoms with Gasteiger partial charge in [-0.25, -0.2) is 13.1 Å². The number of anilines is 1. The first-order valence-corrected chi connectivity index (χ1v) is 10.8. The fourth-order valence-corrected chi connectivity index (χ4v) is 3.03. The molecule has 0 bridgehead atoms. The zero-order valence-electron chi connectivity index (χ0n) is 16.7. The highest BCUT2D eigenvalue weighted by Gasteiger charge is 2.48. The van der Waals surface area contributed by atoms with Gasteiger partial charge in [0.1, 0.15) is 18.5 Å². The molecule has 1 amide bonds. The number of carbonyl (C=O) groups excluding carboxylic acids is 1. The summed E-state index contributed by atoms with van der Waals surface area (Å²) in [6, 6.07) is 2.16. The Bertz CT molecular complexity index is 969. The first-order chi connectivity index (χ1) is 14.5. The van der Waals surface area contributed by atoms with Crippen LogP contribution in [0, 0.1) is 0 Å². The molecule has 4 unspecified atom stereocenters. The Kier molecular flexibility index (Phi) is 8.05. The van der Waals surface area contributed by atoms with Gasteiger partial charge in [-0.15, -0.1) is 0 Å². The van der Waals surface area contributed by atoms with Gasteiger partial charge in [0.25, 0.3) is 5.91 Å². The van der Waals surface area contributed by atoms with Gasteiger partial charge < -0.3 is 34.9 Å². The topological polar surface area (TPSA) is 204 Å². The number of nitrogens with zero attached hydrogens (tertiary/aromatic N) is 2. The van der Waals surface area contributed by atoms with Crippen LogP contribution in [-0.2, 0) is 14.8 Å². The molecule has 31 heavy (non-hydrogen) atoms. The lowest BCUT2D eigenvalue weighted by Gasteiger charge is -2.39. The first-order valence-electron chi connectivity index (χ1n) is 8.89. The second-order valence-electron chi connectivity index (χ2n) is 6.67. The van der Waals surface area contributed by atoms with E-state index in [1.165, 1.54) is 31.6 Å². The first kappa shape index (κ1) is 24.6.